The van der Waals surface area contributed by atoms with Gasteiger partial charge in [-0.1, -0.05) is 0 Å². The summed E-state index contributed by atoms with van der Waals surface area (Å²) in [6.45, 7) is 0.0690. The summed E-state index contributed by atoms with van der Waals surface area (Å²) in [7, 11) is 4.50. The highest BCUT2D eigenvalue weighted by Crippen LogP contribution is 2.41. The first-order chi connectivity index (χ1) is 18.7. The molecule has 0 radical (unpaired) electrons. The number of amides is 1. The van der Waals surface area contributed by atoms with Gasteiger partial charge >= 0.3 is 0 Å². The van der Waals surface area contributed by atoms with Gasteiger partial charge in [-0.2, -0.15) is 8.78 Å². The monoisotopic (exact) mass is 554 g/mol. The van der Waals surface area contributed by atoms with Crippen molar-refractivity contribution in [3.8, 4) is 34.3 Å². The van der Waals surface area contributed by atoms with Crippen molar-refractivity contribution in [1.82, 2.24) is 14.9 Å². The number of ether oxygens (including phenoxy) is 4. The van der Waals surface area contributed by atoms with Crippen LogP contribution in [-0.4, -0.2) is 74.9 Å². The van der Waals surface area contributed by atoms with Crippen LogP contribution in [0.3, 0.4) is 0 Å². The van der Waals surface area contributed by atoms with Crippen molar-refractivity contribution in [2.75, 3.05) is 59.0 Å². The molecular formula is C25H23F5N4O5. The molecule has 1 aliphatic heterocycles. The topological polar surface area (TPSA) is 86.3 Å². The third-order valence-electron chi connectivity index (χ3n) is 6.03. The maximum Gasteiger partial charge on any atom is 0.260 e. The van der Waals surface area contributed by atoms with Crippen LogP contribution in [0.4, 0.5) is 27.9 Å². The van der Waals surface area contributed by atoms with E-state index in [0.29, 0.717) is 47.5 Å². The highest BCUT2D eigenvalue weighted by molar-refractivity contribution is 5.78. The number of hydrogen-bond donors (Lipinski definition) is 0. The van der Waals surface area contributed by atoms with Crippen molar-refractivity contribution >= 4 is 11.9 Å². The normalized spacial score (nSPS) is 13.3. The van der Waals surface area contributed by atoms with E-state index in [-0.39, 0.29) is 13.1 Å². The van der Waals surface area contributed by atoms with Crippen LogP contribution >= 0.6 is 0 Å². The molecule has 39 heavy (non-hydrogen) atoms. The van der Waals surface area contributed by atoms with E-state index >= 15 is 0 Å². The predicted molar refractivity (Wildman–Crippen MR) is 128 cm³/mol. The number of nitrogens with zero attached hydrogens (tertiary/aromatic N) is 4. The van der Waals surface area contributed by atoms with Crippen molar-refractivity contribution < 1.29 is 45.7 Å². The van der Waals surface area contributed by atoms with Crippen molar-refractivity contribution in [3.63, 3.8) is 0 Å². The van der Waals surface area contributed by atoms with Gasteiger partial charge in [0, 0.05) is 37.9 Å². The van der Waals surface area contributed by atoms with Crippen LogP contribution in [0.2, 0.25) is 0 Å². The first-order valence-corrected chi connectivity index (χ1v) is 11.5. The van der Waals surface area contributed by atoms with E-state index in [2.05, 4.69) is 14.7 Å². The second kappa shape index (κ2) is 11.6. The van der Waals surface area contributed by atoms with E-state index in [1.807, 2.05) is 4.90 Å². The molecule has 1 aromatic heterocycles. The Labute approximate surface area is 219 Å². The average Bonchev–Trinajstić information content (AvgIpc) is 2.98. The smallest absolute Gasteiger partial charge is 0.260 e. The van der Waals surface area contributed by atoms with Crippen LogP contribution in [0.15, 0.2) is 24.4 Å². The fraction of sp³-hybridized carbons (Fsp3) is 0.320. The van der Waals surface area contributed by atoms with E-state index in [1.165, 1.54) is 26.2 Å². The number of hydrogen-bond acceptors (Lipinski definition) is 8. The lowest BCUT2D eigenvalue weighted by Crippen LogP contribution is -2.50. The summed E-state index contributed by atoms with van der Waals surface area (Å²) in [6.07, 6.45) is 1.58. The molecule has 4 rings (SSSR count). The molecule has 1 fully saturated rings. The fourth-order valence-electron chi connectivity index (χ4n) is 3.98. The molecule has 0 N–H and O–H groups in total. The molecule has 1 saturated heterocycles. The molecule has 0 aliphatic carbocycles. The highest BCUT2D eigenvalue weighted by atomic mass is 19.2. The Morgan fingerprint density at radius 2 is 1.38 bits per heavy atom. The molecule has 14 heteroatoms. The summed E-state index contributed by atoms with van der Waals surface area (Å²) in [6, 6.07) is 5.20. The minimum absolute atomic E-state index is 0.178. The van der Waals surface area contributed by atoms with E-state index in [9.17, 15) is 26.7 Å². The van der Waals surface area contributed by atoms with Crippen LogP contribution in [0.5, 0.6) is 23.0 Å². The molecular weight excluding hydrogens is 531 g/mol. The van der Waals surface area contributed by atoms with Crippen LogP contribution < -0.4 is 23.8 Å². The number of carbonyl (C=O) groups is 1. The summed E-state index contributed by atoms with van der Waals surface area (Å²) in [5, 5.41) is 0. The van der Waals surface area contributed by atoms with Gasteiger partial charge in [0.1, 0.15) is 0 Å². The molecule has 0 atom stereocenters. The molecule has 0 bridgehead atoms. The third kappa shape index (κ3) is 5.45. The minimum atomic E-state index is -2.31. The highest BCUT2D eigenvalue weighted by Gasteiger charge is 2.29. The molecule has 1 aliphatic rings. The lowest BCUT2D eigenvalue weighted by molar-refractivity contribution is -0.133. The zero-order chi connectivity index (χ0) is 28.3. The zero-order valence-corrected chi connectivity index (χ0v) is 21.1. The predicted octanol–water partition coefficient (Wildman–Crippen LogP) is 3.59. The summed E-state index contributed by atoms with van der Waals surface area (Å²) in [5.41, 5.74) is 1.27. The first kappa shape index (κ1) is 27.7. The second-order valence-electron chi connectivity index (χ2n) is 8.21. The minimum Gasteiger partial charge on any atom is -0.493 e. The largest absolute Gasteiger partial charge is 0.493 e. The molecule has 0 saturated carbocycles. The van der Waals surface area contributed by atoms with Gasteiger partial charge in [-0.3, -0.25) is 4.79 Å². The van der Waals surface area contributed by atoms with Crippen LogP contribution in [0.25, 0.3) is 11.3 Å². The molecule has 0 unspecified atom stereocenters. The number of carbonyl (C=O) groups excluding carboxylic acids is 1. The average molecular weight is 554 g/mol. The maximum absolute atomic E-state index is 13.8. The molecule has 208 valence electrons. The molecule has 1 amide bonds. The standard InChI is InChI=1S/C25H23F5N4O5/c1-36-15-10-13(11-16(37-2)23(15)38-3)14-4-5-31-25(32-14)34-8-6-33(7-9-34)17(35)12-39-24-21(29)19(27)18(26)20(28)22(24)30/h4-5,10-11H,6-9,12H2,1-3H3. The fourth-order valence-corrected chi connectivity index (χ4v) is 3.98. The van der Waals surface area contributed by atoms with Gasteiger partial charge in [-0.15, -0.1) is 0 Å². The molecule has 2 heterocycles. The number of halogens is 5. The van der Waals surface area contributed by atoms with Crippen molar-refractivity contribution in [2.24, 2.45) is 0 Å². The number of benzene rings is 2. The Hall–Kier alpha value is -4.36. The van der Waals surface area contributed by atoms with Crippen molar-refractivity contribution in [1.29, 1.82) is 0 Å². The number of anilines is 1. The Morgan fingerprint density at radius 1 is 0.821 bits per heavy atom. The first-order valence-electron chi connectivity index (χ1n) is 11.5. The lowest BCUT2D eigenvalue weighted by atomic mass is 10.1. The number of methoxy groups -OCH3 is 3. The van der Waals surface area contributed by atoms with E-state index in [1.54, 1.807) is 24.4 Å². The number of piperazine rings is 1. The Kier molecular flexibility index (Phi) is 8.21. The molecule has 2 aromatic carbocycles. The van der Waals surface area contributed by atoms with Crippen LogP contribution in [0.1, 0.15) is 0 Å². The summed E-state index contributed by atoms with van der Waals surface area (Å²) < 4.78 is 88.3. The van der Waals surface area contributed by atoms with Crippen molar-refractivity contribution in [3.05, 3.63) is 53.5 Å². The second-order valence-corrected chi connectivity index (χ2v) is 8.21. The SMILES string of the molecule is COc1cc(-c2ccnc(N3CCN(C(=O)COc4c(F)c(F)c(F)c(F)c4F)CC3)n2)cc(OC)c1OC. The van der Waals surface area contributed by atoms with E-state index in [0.717, 1.165) is 0 Å². The third-order valence-corrected chi connectivity index (χ3v) is 6.03. The summed E-state index contributed by atoms with van der Waals surface area (Å²) >= 11 is 0. The van der Waals surface area contributed by atoms with Gasteiger partial charge in [0.2, 0.25) is 40.8 Å². The molecule has 9 nitrogen and oxygen atoms in total. The van der Waals surface area contributed by atoms with Gasteiger partial charge in [0.05, 0.1) is 27.0 Å². The lowest BCUT2D eigenvalue weighted by Gasteiger charge is -2.34. The van der Waals surface area contributed by atoms with E-state index < -0.39 is 47.3 Å². The Balaban J connectivity index is 1.42. The summed E-state index contributed by atoms with van der Waals surface area (Å²) in [5.74, 6) is -11.4. The molecule has 0 spiro atoms. The van der Waals surface area contributed by atoms with Crippen LogP contribution in [-0.2, 0) is 4.79 Å². The van der Waals surface area contributed by atoms with Crippen molar-refractivity contribution in [2.45, 2.75) is 0 Å². The Bertz CT molecular complexity index is 1330. The summed E-state index contributed by atoms with van der Waals surface area (Å²) in [4.78, 5) is 24.6. The van der Waals surface area contributed by atoms with Gasteiger partial charge in [0.25, 0.3) is 5.91 Å². The van der Waals surface area contributed by atoms with Gasteiger partial charge in [-0.05, 0) is 18.2 Å². The van der Waals surface area contributed by atoms with Gasteiger partial charge < -0.3 is 28.7 Å². The Morgan fingerprint density at radius 3 is 1.92 bits per heavy atom. The molecule has 3 aromatic rings. The quantitative estimate of drug-likeness (QED) is 0.237. The van der Waals surface area contributed by atoms with E-state index in [4.69, 9.17) is 14.2 Å². The number of aromatic nitrogens is 2. The number of rotatable bonds is 8. The maximum atomic E-state index is 13.8. The van der Waals surface area contributed by atoms with Gasteiger partial charge in [-0.25, -0.2) is 23.1 Å². The zero-order valence-electron chi connectivity index (χ0n) is 21.1. The van der Waals surface area contributed by atoms with Gasteiger partial charge in [0.15, 0.2) is 23.9 Å². The van der Waals surface area contributed by atoms with Crippen LogP contribution in [0, 0.1) is 29.1 Å².